The number of nitrogens with one attached hydrogen (secondary N) is 1. The molecule has 0 atom stereocenters. The lowest BCUT2D eigenvalue weighted by atomic mass is 10.1. The molecule has 2 aliphatic rings. The van der Waals surface area contributed by atoms with E-state index in [1.165, 1.54) is 16.8 Å². The van der Waals surface area contributed by atoms with E-state index in [1.54, 1.807) is 30.3 Å². The number of ether oxygens (including phenoxy) is 1. The normalized spacial score (nSPS) is 16.3. The fraction of sp³-hybridized carbons (Fsp3) is 0.0769. The van der Waals surface area contributed by atoms with Crippen LogP contribution in [0.2, 0.25) is 10.0 Å². The largest absolute Gasteiger partial charge is 0.489 e. The minimum Gasteiger partial charge on any atom is -0.489 e. The Kier molecular flexibility index (Phi) is 6.47. The van der Waals surface area contributed by atoms with Crippen LogP contribution in [0.1, 0.15) is 22.3 Å². The van der Waals surface area contributed by atoms with Gasteiger partial charge in [0, 0.05) is 21.2 Å². The topological polar surface area (TPSA) is 78.1 Å². The summed E-state index contributed by atoms with van der Waals surface area (Å²) in [5.41, 5.74) is 3.80. The molecule has 0 radical (unpaired) electrons. The Labute approximate surface area is 216 Å². The minimum atomic E-state index is -0.466. The number of amides is 1. The zero-order valence-electron chi connectivity index (χ0n) is 18.5. The lowest BCUT2D eigenvalue weighted by Crippen LogP contribution is -2.35. The number of nitrogens with zero attached hydrogens (tertiary/aromatic N) is 3. The van der Waals surface area contributed by atoms with Crippen molar-refractivity contribution in [1.82, 2.24) is 5.01 Å². The first-order valence-corrected chi connectivity index (χ1v) is 12.2. The third-order valence-corrected chi connectivity index (χ3v) is 6.90. The molecule has 9 heteroatoms. The molecule has 1 amide bonds. The van der Waals surface area contributed by atoms with Crippen molar-refractivity contribution in [2.45, 2.75) is 13.5 Å². The molecule has 6 nitrogen and oxygen atoms in total. The Bertz CT molecular complexity index is 1430. The van der Waals surface area contributed by atoms with E-state index in [0.29, 0.717) is 32.6 Å². The number of thioether (sulfide) groups is 1. The van der Waals surface area contributed by atoms with E-state index in [9.17, 15) is 4.79 Å². The smallest absolute Gasteiger partial charge is 0.283 e. The number of hydrazone groups is 1. The van der Waals surface area contributed by atoms with Crippen molar-refractivity contribution in [1.29, 1.82) is 5.41 Å². The van der Waals surface area contributed by atoms with Crippen LogP contribution in [0.15, 0.2) is 82.4 Å². The highest BCUT2D eigenvalue weighted by atomic mass is 35.5. The van der Waals surface area contributed by atoms with Gasteiger partial charge in [-0.1, -0.05) is 71.2 Å². The number of rotatable bonds is 5. The number of aliphatic imine (C=N–C) groups is 1. The zero-order valence-corrected chi connectivity index (χ0v) is 20.8. The maximum absolute atomic E-state index is 12.7. The summed E-state index contributed by atoms with van der Waals surface area (Å²) in [6.45, 7) is 2.31. The van der Waals surface area contributed by atoms with Crippen LogP contribution in [-0.2, 0) is 11.4 Å². The summed E-state index contributed by atoms with van der Waals surface area (Å²) in [5, 5.41) is 16.7. The van der Waals surface area contributed by atoms with Gasteiger partial charge in [-0.05, 0) is 54.6 Å². The van der Waals surface area contributed by atoms with Crippen molar-refractivity contribution in [2.75, 3.05) is 0 Å². The first kappa shape index (κ1) is 23.4. The Balaban J connectivity index is 1.31. The Morgan fingerprint density at radius 1 is 1.06 bits per heavy atom. The lowest BCUT2D eigenvalue weighted by molar-refractivity contribution is -0.114. The highest BCUT2D eigenvalue weighted by Gasteiger charge is 2.36. The maximum Gasteiger partial charge on any atom is 0.283 e. The summed E-state index contributed by atoms with van der Waals surface area (Å²) >= 11 is 13.4. The molecule has 0 unspecified atom stereocenters. The predicted octanol–water partition coefficient (Wildman–Crippen LogP) is 6.55. The fourth-order valence-corrected chi connectivity index (χ4v) is 4.79. The molecule has 2 heterocycles. The first-order valence-electron chi connectivity index (χ1n) is 10.6. The molecule has 1 N–H and O–H groups in total. The van der Waals surface area contributed by atoms with E-state index in [0.717, 1.165) is 22.3 Å². The third kappa shape index (κ3) is 5.03. The van der Waals surface area contributed by atoms with Crippen molar-refractivity contribution in [3.8, 4) is 5.75 Å². The second-order valence-corrected chi connectivity index (χ2v) is 9.68. The van der Waals surface area contributed by atoms with Gasteiger partial charge in [-0.15, -0.1) is 0 Å². The van der Waals surface area contributed by atoms with Crippen molar-refractivity contribution >= 4 is 63.0 Å². The summed E-state index contributed by atoms with van der Waals surface area (Å²) in [6, 6.07) is 20.4. The minimum absolute atomic E-state index is 0.00711. The molecule has 174 valence electrons. The van der Waals surface area contributed by atoms with Crippen LogP contribution in [0.4, 0.5) is 0 Å². The van der Waals surface area contributed by atoms with Gasteiger partial charge in [0.1, 0.15) is 17.4 Å². The molecule has 5 rings (SSSR count). The van der Waals surface area contributed by atoms with Crippen LogP contribution in [0.5, 0.6) is 5.75 Å². The summed E-state index contributed by atoms with van der Waals surface area (Å²) in [7, 11) is 0. The molecule has 0 aliphatic carbocycles. The Hall–Kier alpha value is -3.39. The fourth-order valence-electron chi connectivity index (χ4n) is 3.43. The van der Waals surface area contributed by atoms with Gasteiger partial charge in [-0.25, -0.2) is 0 Å². The number of hydrogen-bond donors (Lipinski definition) is 1. The number of hydrogen-bond acceptors (Lipinski definition) is 5. The monoisotopic (exact) mass is 520 g/mol. The molecular weight excluding hydrogens is 503 g/mol. The van der Waals surface area contributed by atoms with Gasteiger partial charge in [0.2, 0.25) is 5.17 Å². The van der Waals surface area contributed by atoms with E-state index < -0.39 is 5.91 Å². The van der Waals surface area contributed by atoms with Gasteiger partial charge in [-0.3, -0.25) is 10.2 Å². The standard InChI is InChI=1S/C26H18Cl2N4O2S/c1-15-2-6-17(7-3-15)25-31-32-23(29)21(24(33)30-26(32)35-25)12-16-4-10-20(11-5-16)34-14-18-8-9-19(27)13-22(18)28/h2-13,29H,14H2,1H3/b21-12+,29-23?. The van der Waals surface area contributed by atoms with Gasteiger partial charge in [0.15, 0.2) is 5.84 Å². The molecular formula is C26H18Cl2N4O2S. The number of carbonyl (C=O) groups is 1. The summed E-state index contributed by atoms with van der Waals surface area (Å²) in [4.78, 5) is 16.8. The summed E-state index contributed by atoms with van der Waals surface area (Å²) < 4.78 is 5.81. The molecule has 0 saturated heterocycles. The average Bonchev–Trinajstić information content (AvgIpc) is 3.26. The van der Waals surface area contributed by atoms with Crippen molar-refractivity contribution in [3.05, 3.63) is 105 Å². The molecule has 0 fully saturated rings. The third-order valence-electron chi connectivity index (χ3n) is 5.35. The zero-order chi connectivity index (χ0) is 24.5. The van der Waals surface area contributed by atoms with Gasteiger partial charge in [-0.2, -0.15) is 15.1 Å². The van der Waals surface area contributed by atoms with E-state index in [2.05, 4.69) is 10.1 Å². The second kappa shape index (κ2) is 9.70. The highest BCUT2D eigenvalue weighted by molar-refractivity contribution is 8.27. The van der Waals surface area contributed by atoms with Gasteiger partial charge >= 0.3 is 0 Å². The summed E-state index contributed by atoms with van der Waals surface area (Å²) in [6.07, 6.45) is 1.63. The molecule has 0 spiro atoms. The molecule has 35 heavy (non-hydrogen) atoms. The first-order chi connectivity index (χ1) is 16.9. The number of carbonyl (C=O) groups excluding carboxylic acids is 1. The SMILES string of the molecule is Cc1ccc(C2=NN3C(=N)/C(=C\c4ccc(OCc5ccc(Cl)cc5Cl)cc4)C(=O)N=C3S2)cc1. The van der Waals surface area contributed by atoms with E-state index in [4.69, 9.17) is 33.3 Å². The van der Waals surface area contributed by atoms with E-state index >= 15 is 0 Å². The predicted molar refractivity (Wildman–Crippen MR) is 143 cm³/mol. The second-order valence-electron chi connectivity index (χ2n) is 7.88. The van der Waals surface area contributed by atoms with Crippen LogP contribution in [0.3, 0.4) is 0 Å². The Morgan fingerprint density at radius 3 is 2.51 bits per heavy atom. The Morgan fingerprint density at radius 2 is 1.80 bits per heavy atom. The number of aryl methyl sites for hydroxylation is 1. The quantitative estimate of drug-likeness (QED) is 0.387. The number of benzene rings is 3. The van der Waals surface area contributed by atoms with E-state index in [1.807, 2.05) is 49.4 Å². The van der Waals surface area contributed by atoms with Crippen LogP contribution in [-0.4, -0.2) is 27.0 Å². The molecule has 0 bridgehead atoms. The van der Waals surface area contributed by atoms with Crippen LogP contribution in [0.25, 0.3) is 6.08 Å². The molecule has 0 saturated carbocycles. The van der Waals surface area contributed by atoms with Crippen molar-refractivity contribution in [2.24, 2.45) is 10.1 Å². The number of amidine groups is 2. The van der Waals surface area contributed by atoms with Crippen LogP contribution in [0, 0.1) is 12.3 Å². The molecule has 3 aromatic rings. The number of halogens is 2. The molecule has 0 aromatic heterocycles. The number of fused-ring (bicyclic) bond motifs is 1. The van der Waals surface area contributed by atoms with Crippen LogP contribution < -0.4 is 4.74 Å². The molecule has 3 aromatic carbocycles. The van der Waals surface area contributed by atoms with Crippen molar-refractivity contribution < 1.29 is 9.53 Å². The maximum atomic E-state index is 12.7. The van der Waals surface area contributed by atoms with Gasteiger partial charge in [0.25, 0.3) is 5.91 Å². The molecule has 2 aliphatic heterocycles. The van der Waals surface area contributed by atoms with Crippen molar-refractivity contribution in [3.63, 3.8) is 0 Å². The van der Waals surface area contributed by atoms with E-state index in [-0.39, 0.29) is 11.4 Å². The average molecular weight is 521 g/mol. The van der Waals surface area contributed by atoms with Gasteiger partial charge in [0.05, 0.1) is 5.57 Å². The highest BCUT2D eigenvalue weighted by Crippen LogP contribution is 2.31. The lowest BCUT2D eigenvalue weighted by Gasteiger charge is -2.20. The van der Waals surface area contributed by atoms with Crippen LogP contribution >= 0.6 is 35.0 Å². The summed E-state index contributed by atoms with van der Waals surface area (Å²) in [5.74, 6) is 0.172. The van der Waals surface area contributed by atoms with Gasteiger partial charge < -0.3 is 4.74 Å².